The van der Waals surface area contributed by atoms with Crippen molar-refractivity contribution in [1.82, 2.24) is 19.6 Å². The number of hydrogen-bond donors (Lipinski definition) is 0. The summed E-state index contributed by atoms with van der Waals surface area (Å²) in [6.07, 6.45) is 14.2. The highest BCUT2D eigenvalue weighted by molar-refractivity contribution is 4.98. The molecule has 4 heteroatoms. The van der Waals surface area contributed by atoms with E-state index >= 15 is 0 Å². The Morgan fingerprint density at radius 1 is 0.821 bits per heavy atom. The summed E-state index contributed by atoms with van der Waals surface area (Å²) in [6, 6.07) is 1.76. The summed E-state index contributed by atoms with van der Waals surface area (Å²) in [4.78, 5) is 11.0. The van der Waals surface area contributed by atoms with Crippen molar-refractivity contribution in [2.45, 2.75) is 88.8 Å². The van der Waals surface area contributed by atoms with Gasteiger partial charge in [-0.1, -0.05) is 26.2 Å². The Bertz CT molecular complexity index is 465. The minimum absolute atomic E-state index is 0.537. The van der Waals surface area contributed by atoms with E-state index in [2.05, 4.69) is 40.6 Å². The number of rotatable bonds is 7. The molecule has 0 aromatic carbocycles. The summed E-state index contributed by atoms with van der Waals surface area (Å²) >= 11 is 0. The molecule has 3 heterocycles. The number of piperidine rings is 2. The van der Waals surface area contributed by atoms with Crippen LogP contribution >= 0.6 is 0 Å². The first-order valence-corrected chi connectivity index (χ1v) is 12.5. The van der Waals surface area contributed by atoms with Gasteiger partial charge in [-0.25, -0.2) is 0 Å². The van der Waals surface area contributed by atoms with Crippen molar-refractivity contribution in [3.8, 4) is 0 Å². The lowest BCUT2D eigenvalue weighted by Crippen LogP contribution is -2.58. The predicted octanol–water partition coefficient (Wildman–Crippen LogP) is 3.52. The minimum Gasteiger partial charge on any atom is -0.309 e. The van der Waals surface area contributed by atoms with Crippen LogP contribution in [-0.4, -0.2) is 97.1 Å². The van der Waals surface area contributed by atoms with Crippen LogP contribution in [0.15, 0.2) is 0 Å². The van der Waals surface area contributed by atoms with Gasteiger partial charge in [0, 0.05) is 43.8 Å². The molecule has 4 fully saturated rings. The molecule has 0 aromatic rings. The largest absolute Gasteiger partial charge is 0.309 e. The van der Waals surface area contributed by atoms with Gasteiger partial charge < -0.3 is 9.80 Å². The fourth-order valence-electron chi connectivity index (χ4n) is 6.68. The van der Waals surface area contributed by atoms with Crippen molar-refractivity contribution < 1.29 is 0 Å². The molecular weight excluding hydrogens is 344 g/mol. The molecule has 0 radical (unpaired) electrons. The Kier molecular flexibility index (Phi) is 7.02. The van der Waals surface area contributed by atoms with Gasteiger partial charge in [0.2, 0.25) is 0 Å². The Hall–Kier alpha value is -0.160. The fourth-order valence-corrected chi connectivity index (χ4v) is 6.68. The smallest absolute Gasteiger partial charge is 0.0221 e. The number of hydrogen-bond acceptors (Lipinski definition) is 4. The molecule has 0 spiro atoms. The standard InChI is InChI=1S/C24H46N4/c1-4-21-19-27(20-21)23-7-14-26(15-8-23)22-9-16-28(17-10-22)24(11-5-6-12-24)13-18-25(2)3/h21-23H,4-20H2,1-3H3. The molecule has 28 heavy (non-hydrogen) atoms. The minimum atomic E-state index is 0.537. The van der Waals surface area contributed by atoms with E-state index in [0.29, 0.717) is 5.54 Å². The van der Waals surface area contributed by atoms with Crippen molar-refractivity contribution >= 4 is 0 Å². The summed E-state index contributed by atoms with van der Waals surface area (Å²) in [7, 11) is 4.47. The maximum absolute atomic E-state index is 2.93. The molecule has 3 saturated heterocycles. The van der Waals surface area contributed by atoms with Crippen LogP contribution in [0.1, 0.15) is 71.1 Å². The third-order valence-corrected chi connectivity index (χ3v) is 8.79. The van der Waals surface area contributed by atoms with E-state index in [1.54, 1.807) is 0 Å². The van der Waals surface area contributed by atoms with E-state index in [1.165, 1.54) is 110 Å². The second-order valence-electron chi connectivity index (χ2n) is 10.7. The lowest BCUT2D eigenvalue weighted by molar-refractivity contribution is -0.0103. The Morgan fingerprint density at radius 2 is 1.39 bits per heavy atom. The zero-order valence-corrected chi connectivity index (χ0v) is 19.0. The average molecular weight is 391 g/mol. The average Bonchev–Trinajstić information content (AvgIpc) is 3.17. The monoisotopic (exact) mass is 390 g/mol. The second-order valence-corrected chi connectivity index (χ2v) is 10.7. The van der Waals surface area contributed by atoms with Gasteiger partial charge in [-0.15, -0.1) is 0 Å². The number of nitrogens with zero attached hydrogens (tertiary/aromatic N) is 4. The molecule has 1 aliphatic carbocycles. The molecule has 0 atom stereocenters. The summed E-state index contributed by atoms with van der Waals surface area (Å²) in [5, 5.41) is 0. The van der Waals surface area contributed by atoms with Crippen LogP contribution in [-0.2, 0) is 0 Å². The predicted molar refractivity (Wildman–Crippen MR) is 119 cm³/mol. The van der Waals surface area contributed by atoms with Gasteiger partial charge >= 0.3 is 0 Å². The van der Waals surface area contributed by atoms with E-state index in [4.69, 9.17) is 0 Å². The Morgan fingerprint density at radius 3 is 1.96 bits per heavy atom. The first-order chi connectivity index (χ1) is 13.6. The first-order valence-electron chi connectivity index (χ1n) is 12.5. The number of likely N-dealkylation sites (tertiary alicyclic amines) is 3. The molecule has 0 amide bonds. The summed E-state index contributed by atoms with van der Waals surface area (Å²) < 4.78 is 0. The molecule has 0 unspecified atom stereocenters. The van der Waals surface area contributed by atoms with Crippen molar-refractivity contribution in [2.24, 2.45) is 5.92 Å². The van der Waals surface area contributed by atoms with Gasteiger partial charge in [0.25, 0.3) is 0 Å². The van der Waals surface area contributed by atoms with E-state index in [-0.39, 0.29) is 0 Å². The summed E-state index contributed by atoms with van der Waals surface area (Å²) in [6.45, 7) is 11.8. The van der Waals surface area contributed by atoms with E-state index in [0.717, 1.165) is 18.0 Å². The van der Waals surface area contributed by atoms with Gasteiger partial charge in [-0.05, 0) is 84.6 Å². The van der Waals surface area contributed by atoms with Crippen LogP contribution in [0.2, 0.25) is 0 Å². The van der Waals surface area contributed by atoms with Gasteiger partial charge in [-0.3, -0.25) is 9.80 Å². The molecule has 0 aromatic heterocycles. The maximum atomic E-state index is 2.93. The third-order valence-electron chi connectivity index (χ3n) is 8.79. The van der Waals surface area contributed by atoms with Crippen molar-refractivity contribution in [2.75, 3.05) is 59.9 Å². The van der Waals surface area contributed by atoms with Crippen molar-refractivity contribution in [3.63, 3.8) is 0 Å². The van der Waals surface area contributed by atoms with Gasteiger partial charge in [-0.2, -0.15) is 0 Å². The zero-order chi connectivity index (χ0) is 19.6. The second kappa shape index (κ2) is 9.32. The fraction of sp³-hybridized carbons (Fsp3) is 1.00. The van der Waals surface area contributed by atoms with Gasteiger partial charge in [0.1, 0.15) is 0 Å². The van der Waals surface area contributed by atoms with Crippen LogP contribution in [0.3, 0.4) is 0 Å². The van der Waals surface area contributed by atoms with Crippen LogP contribution in [0, 0.1) is 5.92 Å². The van der Waals surface area contributed by atoms with Gasteiger partial charge in [0.05, 0.1) is 0 Å². The highest BCUT2D eigenvalue weighted by Crippen LogP contribution is 2.40. The highest BCUT2D eigenvalue weighted by atomic mass is 15.3. The molecule has 1 saturated carbocycles. The molecule has 4 rings (SSSR count). The molecule has 4 aliphatic rings. The van der Waals surface area contributed by atoms with E-state index in [1.807, 2.05) is 0 Å². The lowest BCUT2D eigenvalue weighted by atomic mass is 9.87. The summed E-state index contributed by atoms with van der Waals surface area (Å²) in [5.74, 6) is 0.998. The Labute approximate surface area is 174 Å². The highest BCUT2D eigenvalue weighted by Gasteiger charge is 2.41. The molecule has 162 valence electrons. The van der Waals surface area contributed by atoms with Crippen LogP contribution < -0.4 is 0 Å². The SMILES string of the molecule is CCC1CN(C2CCN(C3CCN(C4(CCN(C)C)CCCC4)CC3)CC2)C1. The van der Waals surface area contributed by atoms with Crippen LogP contribution in [0.5, 0.6) is 0 Å². The van der Waals surface area contributed by atoms with Crippen LogP contribution in [0.25, 0.3) is 0 Å². The molecule has 4 nitrogen and oxygen atoms in total. The van der Waals surface area contributed by atoms with Gasteiger partial charge in [0.15, 0.2) is 0 Å². The quantitative estimate of drug-likeness (QED) is 0.659. The van der Waals surface area contributed by atoms with Crippen molar-refractivity contribution in [3.05, 3.63) is 0 Å². The zero-order valence-electron chi connectivity index (χ0n) is 19.0. The van der Waals surface area contributed by atoms with Crippen molar-refractivity contribution in [1.29, 1.82) is 0 Å². The third kappa shape index (κ3) is 4.61. The molecule has 3 aliphatic heterocycles. The summed E-state index contributed by atoms with van der Waals surface area (Å²) in [5.41, 5.74) is 0.537. The Balaban J connectivity index is 1.22. The van der Waals surface area contributed by atoms with E-state index < -0.39 is 0 Å². The topological polar surface area (TPSA) is 13.0 Å². The first kappa shape index (κ1) is 21.1. The lowest BCUT2D eigenvalue weighted by Gasteiger charge is -2.50. The maximum Gasteiger partial charge on any atom is 0.0221 e. The van der Waals surface area contributed by atoms with E-state index in [9.17, 15) is 0 Å². The molecule has 0 bridgehead atoms. The molecular formula is C24H46N4. The normalized spacial score (nSPS) is 29.6. The molecule has 0 N–H and O–H groups in total. The van der Waals surface area contributed by atoms with Crippen LogP contribution in [0.4, 0.5) is 0 Å².